The molecule has 0 aliphatic carbocycles. The number of benzene rings is 1. The summed E-state index contributed by atoms with van der Waals surface area (Å²) in [5, 5.41) is 19.8. The zero-order valence-corrected chi connectivity index (χ0v) is 9.09. The number of carboxylic acid groups (broad SMARTS) is 1. The summed E-state index contributed by atoms with van der Waals surface area (Å²) >= 11 is 0. The molecule has 0 bridgehead atoms. The van der Waals surface area contributed by atoms with Crippen molar-refractivity contribution in [2.24, 2.45) is 0 Å². The van der Waals surface area contributed by atoms with Crippen LogP contribution in [0.3, 0.4) is 0 Å². The number of nitrogens with two attached hydrogens (primary N) is 1. The zero-order valence-electron chi connectivity index (χ0n) is 9.09. The highest BCUT2D eigenvalue weighted by Gasteiger charge is 2.19. The largest absolute Gasteiger partial charge is 0.480 e. The number of nitrogens with one attached hydrogen (secondary N) is 1. The van der Waals surface area contributed by atoms with Crippen molar-refractivity contribution in [2.45, 2.75) is 12.5 Å². The number of carbonyl (C=O) groups is 2. The smallest absolute Gasteiger partial charge is 0.326 e. The fourth-order valence-electron chi connectivity index (χ4n) is 1.26. The highest BCUT2D eigenvalue weighted by Crippen LogP contribution is 2.06. The minimum atomic E-state index is -1.18. The first-order valence-corrected chi connectivity index (χ1v) is 5.04. The van der Waals surface area contributed by atoms with Gasteiger partial charge in [-0.3, -0.25) is 4.79 Å². The molecule has 0 heterocycles. The van der Waals surface area contributed by atoms with Gasteiger partial charge in [-0.25, -0.2) is 4.79 Å². The molecule has 5 N–H and O–H groups in total. The molecule has 1 rings (SSSR count). The molecule has 1 aromatic carbocycles. The molecule has 0 spiro atoms. The molecule has 17 heavy (non-hydrogen) atoms. The summed E-state index contributed by atoms with van der Waals surface area (Å²) in [7, 11) is 0. The molecule has 6 nitrogen and oxygen atoms in total. The van der Waals surface area contributed by atoms with Crippen molar-refractivity contribution in [3.8, 4) is 0 Å². The number of aliphatic carboxylic acids is 1. The summed E-state index contributed by atoms with van der Waals surface area (Å²) in [6.07, 6.45) is -0.0317. The maximum absolute atomic E-state index is 11.6. The van der Waals surface area contributed by atoms with Gasteiger partial charge in [0.1, 0.15) is 6.04 Å². The minimum absolute atomic E-state index is 0.0317. The van der Waals surface area contributed by atoms with Gasteiger partial charge in [0.2, 0.25) is 0 Å². The average Bonchev–Trinajstić information content (AvgIpc) is 2.29. The lowest BCUT2D eigenvalue weighted by Crippen LogP contribution is -2.41. The lowest BCUT2D eigenvalue weighted by Gasteiger charge is -2.13. The van der Waals surface area contributed by atoms with Crippen LogP contribution in [0.5, 0.6) is 0 Å². The third-order valence-electron chi connectivity index (χ3n) is 2.19. The molecule has 1 atom stereocenters. The molecular formula is C11H14N2O4. The highest BCUT2D eigenvalue weighted by molar-refractivity contribution is 5.96. The number of rotatable bonds is 5. The second kappa shape index (κ2) is 5.86. The third-order valence-corrected chi connectivity index (χ3v) is 2.19. The first-order valence-electron chi connectivity index (χ1n) is 5.04. The molecule has 0 radical (unpaired) electrons. The lowest BCUT2D eigenvalue weighted by molar-refractivity contribution is -0.139. The molecule has 0 aliphatic heterocycles. The first kappa shape index (κ1) is 13.0. The quantitative estimate of drug-likeness (QED) is 0.532. The predicted octanol–water partition coefficient (Wildman–Crippen LogP) is -0.166. The van der Waals surface area contributed by atoms with Gasteiger partial charge >= 0.3 is 5.97 Å². The van der Waals surface area contributed by atoms with Crippen LogP contribution < -0.4 is 11.1 Å². The van der Waals surface area contributed by atoms with Crippen LogP contribution in [0.1, 0.15) is 16.8 Å². The zero-order chi connectivity index (χ0) is 12.8. The molecule has 1 aromatic rings. The molecule has 6 heteroatoms. The summed E-state index contributed by atoms with van der Waals surface area (Å²) in [6.45, 7) is -0.307. The lowest BCUT2D eigenvalue weighted by atomic mass is 10.1. The molecule has 0 aliphatic rings. The SMILES string of the molecule is Nc1ccc(C(=O)N[C@@H](CCO)C(=O)O)cc1. The summed E-state index contributed by atoms with van der Waals surface area (Å²) < 4.78 is 0. The standard InChI is InChI=1S/C11H14N2O4/c12-8-3-1-7(2-4-8)10(15)13-9(5-6-14)11(16)17/h1-4,9,14H,5-6,12H2,(H,13,15)(H,16,17)/t9-/m0/s1. The van der Waals surface area contributed by atoms with Crippen LogP contribution in [0.25, 0.3) is 0 Å². The third kappa shape index (κ3) is 3.76. The van der Waals surface area contributed by atoms with Crippen molar-refractivity contribution in [3.63, 3.8) is 0 Å². The average molecular weight is 238 g/mol. The second-order valence-electron chi connectivity index (χ2n) is 3.50. The summed E-state index contributed by atoms with van der Waals surface area (Å²) in [5.41, 5.74) is 6.31. The Morgan fingerprint density at radius 3 is 2.35 bits per heavy atom. The Labute approximate surface area is 98.1 Å². The van der Waals surface area contributed by atoms with Gasteiger partial charge in [-0.2, -0.15) is 0 Å². The number of aliphatic hydroxyl groups excluding tert-OH is 1. The van der Waals surface area contributed by atoms with E-state index in [2.05, 4.69) is 5.32 Å². The molecule has 0 saturated carbocycles. The number of carboxylic acids is 1. The maximum Gasteiger partial charge on any atom is 0.326 e. The first-order chi connectivity index (χ1) is 8.04. The van der Waals surface area contributed by atoms with Crippen LogP contribution in [-0.4, -0.2) is 34.7 Å². The van der Waals surface area contributed by atoms with E-state index in [0.717, 1.165) is 0 Å². The Hall–Kier alpha value is -2.08. The number of nitrogen functional groups attached to an aromatic ring is 1. The molecule has 0 fully saturated rings. The molecule has 0 aromatic heterocycles. The molecule has 92 valence electrons. The van der Waals surface area contributed by atoms with E-state index >= 15 is 0 Å². The van der Waals surface area contributed by atoms with Gasteiger partial charge in [-0.1, -0.05) is 0 Å². The number of hydrogen-bond acceptors (Lipinski definition) is 4. The summed E-state index contributed by atoms with van der Waals surface area (Å²) in [6, 6.07) is 5.02. The van der Waals surface area contributed by atoms with E-state index in [1.165, 1.54) is 12.1 Å². The Kier molecular flexibility index (Phi) is 4.47. The van der Waals surface area contributed by atoms with Crippen LogP contribution in [0, 0.1) is 0 Å². The Morgan fingerprint density at radius 1 is 1.29 bits per heavy atom. The number of anilines is 1. The van der Waals surface area contributed by atoms with Crippen molar-refractivity contribution in [1.29, 1.82) is 0 Å². The van der Waals surface area contributed by atoms with Gasteiger partial charge in [0, 0.05) is 24.3 Å². The van der Waals surface area contributed by atoms with Crippen molar-refractivity contribution >= 4 is 17.6 Å². The monoisotopic (exact) mass is 238 g/mol. The van der Waals surface area contributed by atoms with Gasteiger partial charge in [0.05, 0.1) is 0 Å². The van der Waals surface area contributed by atoms with E-state index in [1.807, 2.05) is 0 Å². The van der Waals surface area contributed by atoms with Gasteiger partial charge in [-0.15, -0.1) is 0 Å². The maximum atomic E-state index is 11.6. The fraction of sp³-hybridized carbons (Fsp3) is 0.273. The van der Waals surface area contributed by atoms with Gasteiger partial charge in [0.25, 0.3) is 5.91 Å². The predicted molar refractivity (Wildman–Crippen MR) is 61.4 cm³/mol. The molecule has 0 saturated heterocycles. The summed E-state index contributed by atoms with van der Waals surface area (Å²) in [5.74, 6) is -1.69. The molecule has 0 unspecified atom stereocenters. The topological polar surface area (TPSA) is 113 Å². The minimum Gasteiger partial charge on any atom is -0.480 e. The Balaban J connectivity index is 2.70. The Morgan fingerprint density at radius 2 is 1.88 bits per heavy atom. The highest BCUT2D eigenvalue weighted by atomic mass is 16.4. The number of amides is 1. The van der Waals surface area contributed by atoms with E-state index in [4.69, 9.17) is 15.9 Å². The van der Waals surface area contributed by atoms with Gasteiger partial charge < -0.3 is 21.3 Å². The van der Waals surface area contributed by atoms with E-state index in [0.29, 0.717) is 11.3 Å². The number of aliphatic hydroxyl groups is 1. The van der Waals surface area contributed by atoms with Crippen molar-refractivity contribution in [1.82, 2.24) is 5.32 Å². The van der Waals surface area contributed by atoms with Gasteiger partial charge in [-0.05, 0) is 24.3 Å². The van der Waals surface area contributed by atoms with E-state index in [9.17, 15) is 9.59 Å². The second-order valence-corrected chi connectivity index (χ2v) is 3.50. The summed E-state index contributed by atoms with van der Waals surface area (Å²) in [4.78, 5) is 22.4. The van der Waals surface area contributed by atoms with Crippen molar-refractivity contribution in [2.75, 3.05) is 12.3 Å². The number of hydrogen-bond donors (Lipinski definition) is 4. The number of carbonyl (C=O) groups excluding carboxylic acids is 1. The van der Waals surface area contributed by atoms with Crippen LogP contribution >= 0.6 is 0 Å². The fourth-order valence-corrected chi connectivity index (χ4v) is 1.26. The van der Waals surface area contributed by atoms with E-state index in [-0.39, 0.29) is 13.0 Å². The van der Waals surface area contributed by atoms with Gasteiger partial charge in [0.15, 0.2) is 0 Å². The van der Waals surface area contributed by atoms with Crippen LogP contribution in [0.4, 0.5) is 5.69 Å². The van der Waals surface area contributed by atoms with Crippen LogP contribution in [0.2, 0.25) is 0 Å². The van der Waals surface area contributed by atoms with E-state index < -0.39 is 17.9 Å². The normalized spacial score (nSPS) is 11.8. The van der Waals surface area contributed by atoms with Crippen LogP contribution in [0.15, 0.2) is 24.3 Å². The molecular weight excluding hydrogens is 224 g/mol. The van der Waals surface area contributed by atoms with Crippen molar-refractivity contribution < 1.29 is 19.8 Å². The van der Waals surface area contributed by atoms with Crippen LogP contribution in [-0.2, 0) is 4.79 Å². The molecule has 1 amide bonds. The van der Waals surface area contributed by atoms with E-state index in [1.54, 1.807) is 12.1 Å². The van der Waals surface area contributed by atoms with Crippen molar-refractivity contribution in [3.05, 3.63) is 29.8 Å². The Bertz CT molecular complexity index is 402.